The fourth-order valence-electron chi connectivity index (χ4n) is 0.600. The average Bonchev–Trinajstić information content (AvgIpc) is 2.58. The molecule has 0 fully saturated rings. The molecule has 1 rings (SSSR count). The van der Waals surface area contributed by atoms with E-state index in [1.54, 1.807) is 6.92 Å². The zero-order valence-electron chi connectivity index (χ0n) is 10.8. The summed E-state index contributed by atoms with van der Waals surface area (Å²) in [4.78, 5) is 0. The first kappa shape index (κ1) is 15.6. The van der Waals surface area contributed by atoms with Crippen molar-refractivity contribution in [3.05, 3.63) is 11.8 Å². The molecule has 0 saturated carbocycles. The molecule has 14 heavy (non-hydrogen) atoms. The monoisotopic (exact) mass is 200 g/mol. The number of aryl methyl sites for hydroxylation is 1. The van der Waals surface area contributed by atoms with Gasteiger partial charge in [0.15, 0.2) is 0 Å². The molecule has 0 aromatic carbocycles. The number of nitrogens with zero attached hydrogens (tertiary/aromatic N) is 2. The van der Waals surface area contributed by atoms with Crippen molar-refractivity contribution in [1.29, 1.82) is 0 Å². The van der Waals surface area contributed by atoms with E-state index in [2.05, 4.69) is 10.2 Å². The van der Waals surface area contributed by atoms with Crippen molar-refractivity contribution in [2.45, 2.75) is 60.8 Å². The first-order valence-electron chi connectivity index (χ1n) is 5.31. The Morgan fingerprint density at radius 3 is 1.50 bits per heavy atom. The minimum Gasteiger partial charge on any atom is -0.425 e. The third-order valence-electron chi connectivity index (χ3n) is 1.17. The average molecular weight is 200 g/mol. The lowest BCUT2D eigenvalue weighted by molar-refractivity contribution is 0.380. The molecule has 0 saturated heterocycles. The fourth-order valence-corrected chi connectivity index (χ4v) is 0.600. The zero-order valence-corrected chi connectivity index (χ0v) is 10.8. The van der Waals surface area contributed by atoms with Gasteiger partial charge in [-0.3, -0.25) is 0 Å². The highest BCUT2D eigenvalue weighted by Gasteiger charge is 2.19. The van der Waals surface area contributed by atoms with Gasteiger partial charge >= 0.3 is 0 Å². The van der Waals surface area contributed by atoms with Gasteiger partial charge in [-0.05, 0) is 0 Å². The van der Waals surface area contributed by atoms with Crippen molar-refractivity contribution in [2.24, 2.45) is 0 Å². The highest BCUT2D eigenvalue weighted by atomic mass is 16.4. The Labute approximate surface area is 87.9 Å². The van der Waals surface area contributed by atoms with E-state index in [0.717, 1.165) is 0 Å². The van der Waals surface area contributed by atoms with Crippen LogP contribution in [-0.2, 0) is 5.41 Å². The van der Waals surface area contributed by atoms with Gasteiger partial charge in [0.05, 0.1) is 0 Å². The molecule has 0 atom stereocenters. The summed E-state index contributed by atoms with van der Waals surface area (Å²) in [6.45, 7) is 15.9. The van der Waals surface area contributed by atoms with Gasteiger partial charge in [0.25, 0.3) is 0 Å². The summed E-state index contributed by atoms with van der Waals surface area (Å²) in [5.74, 6) is 1.33. The van der Waals surface area contributed by atoms with Gasteiger partial charge in [0.2, 0.25) is 11.8 Å². The van der Waals surface area contributed by atoms with Gasteiger partial charge in [0, 0.05) is 12.3 Å². The van der Waals surface area contributed by atoms with Crippen molar-refractivity contribution in [1.82, 2.24) is 10.2 Å². The highest BCUT2D eigenvalue weighted by Crippen LogP contribution is 2.19. The van der Waals surface area contributed by atoms with Gasteiger partial charge in [-0.25, -0.2) is 0 Å². The predicted molar refractivity (Wildman–Crippen MR) is 60.4 cm³/mol. The van der Waals surface area contributed by atoms with Crippen LogP contribution in [0.4, 0.5) is 0 Å². The molecule has 3 nitrogen and oxygen atoms in total. The van der Waals surface area contributed by atoms with Gasteiger partial charge in [0.1, 0.15) is 0 Å². The lowest BCUT2D eigenvalue weighted by Gasteiger charge is -2.10. The molecule has 84 valence electrons. The third-order valence-corrected chi connectivity index (χ3v) is 1.17. The molecule has 0 spiro atoms. The smallest absolute Gasteiger partial charge is 0.221 e. The Morgan fingerprint density at radius 2 is 1.36 bits per heavy atom. The molecule has 0 unspecified atom stereocenters. The van der Waals surface area contributed by atoms with Gasteiger partial charge in [-0.1, -0.05) is 48.5 Å². The number of aromatic nitrogens is 2. The first-order valence-corrected chi connectivity index (χ1v) is 5.31. The molecule has 0 bridgehead atoms. The van der Waals surface area contributed by atoms with Crippen LogP contribution in [0.3, 0.4) is 0 Å². The normalized spacial score (nSPS) is 9.43. The van der Waals surface area contributed by atoms with E-state index >= 15 is 0 Å². The summed E-state index contributed by atoms with van der Waals surface area (Å²) in [6.07, 6.45) is 0. The second-order valence-corrected chi connectivity index (χ2v) is 3.38. The predicted octanol–water partition coefficient (Wildman–Crippen LogP) is 3.73. The second kappa shape index (κ2) is 7.54. The van der Waals surface area contributed by atoms with E-state index in [4.69, 9.17) is 4.42 Å². The summed E-state index contributed by atoms with van der Waals surface area (Å²) < 4.78 is 5.23. The molecule has 0 N–H and O–H groups in total. The lowest BCUT2D eigenvalue weighted by Crippen LogP contribution is -2.11. The van der Waals surface area contributed by atoms with Crippen molar-refractivity contribution < 1.29 is 4.42 Å². The number of rotatable bonds is 0. The van der Waals surface area contributed by atoms with Crippen LogP contribution >= 0.6 is 0 Å². The maximum atomic E-state index is 5.23. The van der Waals surface area contributed by atoms with Crippen molar-refractivity contribution in [3.63, 3.8) is 0 Å². The van der Waals surface area contributed by atoms with Gasteiger partial charge in [-0.2, -0.15) is 0 Å². The Hall–Kier alpha value is -0.860. The SMILES string of the molecule is CC.CC.Cc1nnc(C(C)(C)C)o1. The Kier molecular flexibility index (Phi) is 8.40. The minimum atomic E-state index is -0.0265. The Bertz CT molecular complexity index is 223. The molecule has 0 aliphatic heterocycles. The maximum absolute atomic E-state index is 5.23. The minimum absolute atomic E-state index is 0.0265. The van der Waals surface area contributed by atoms with Gasteiger partial charge in [-0.15, -0.1) is 10.2 Å². The van der Waals surface area contributed by atoms with Crippen molar-refractivity contribution in [2.75, 3.05) is 0 Å². The molecule has 0 radical (unpaired) electrons. The summed E-state index contributed by atoms with van der Waals surface area (Å²) >= 11 is 0. The number of hydrogen-bond acceptors (Lipinski definition) is 3. The van der Waals surface area contributed by atoms with E-state index in [9.17, 15) is 0 Å². The van der Waals surface area contributed by atoms with Crippen molar-refractivity contribution in [3.8, 4) is 0 Å². The fraction of sp³-hybridized carbons (Fsp3) is 0.818. The topological polar surface area (TPSA) is 38.9 Å². The van der Waals surface area contributed by atoms with Crippen molar-refractivity contribution >= 4 is 0 Å². The van der Waals surface area contributed by atoms with Gasteiger partial charge < -0.3 is 4.42 Å². The summed E-state index contributed by atoms with van der Waals surface area (Å²) in [7, 11) is 0. The van der Waals surface area contributed by atoms with Crippen LogP contribution in [0.1, 0.15) is 60.2 Å². The van der Waals surface area contributed by atoms with Crippen LogP contribution in [0.5, 0.6) is 0 Å². The van der Waals surface area contributed by atoms with Crippen LogP contribution in [-0.4, -0.2) is 10.2 Å². The van der Waals surface area contributed by atoms with E-state index in [-0.39, 0.29) is 5.41 Å². The summed E-state index contributed by atoms with van der Waals surface area (Å²) in [5.41, 5.74) is -0.0265. The Morgan fingerprint density at radius 1 is 0.929 bits per heavy atom. The van der Waals surface area contributed by atoms with E-state index < -0.39 is 0 Å². The molecule has 1 heterocycles. The second-order valence-electron chi connectivity index (χ2n) is 3.38. The van der Waals surface area contributed by atoms with Crippen LogP contribution < -0.4 is 0 Å². The molecule has 1 aromatic heterocycles. The zero-order chi connectivity index (χ0) is 11.8. The summed E-state index contributed by atoms with van der Waals surface area (Å²) in [5, 5.41) is 7.64. The van der Waals surface area contributed by atoms with E-state index in [1.807, 2.05) is 48.5 Å². The van der Waals surface area contributed by atoms with E-state index in [0.29, 0.717) is 11.8 Å². The molecule has 1 aromatic rings. The molecule has 0 amide bonds. The van der Waals surface area contributed by atoms with Crippen LogP contribution in [0.25, 0.3) is 0 Å². The Balaban J connectivity index is 0. The van der Waals surface area contributed by atoms with Crippen LogP contribution in [0.15, 0.2) is 4.42 Å². The quantitative estimate of drug-likeness (QED) is 0.640. The molecule has 3 heteroatoms. The molecule has 0 aliphatic carbocycles. The van der Waals surface area contributed by atoms with Crippen LogP contribution in [0, 0.1) is 6.92 Å². The third kappa shape index (κ3) is 5.73. The largest absolute Gasteiger partial charge is 0.425 e. The highest BCUT2D eigenvalue weighted by molar-refractivity contribution is 4.94. The number of hydrogen-bond donors (Lipinski definition) is 0. The molecular weight excluding hydrogens is 176 g/mol. The maximum Gasteiger partial charge on any atom is 0.221 e. The summed E-state index contributed by atoms with van der Waals surface area (Å²) in [6, 6.07) is 0. The van der Waals surface area contributed by atoms with E-state index in [1.165, 1.54) is 0 Å². The molecule has 0 aliphatic rings. The standard InChI is InChI=1S/C7H12N2O.2C2H6/c1-5-8-9-6(10-5)7(2,3)4;2*1-2/h1-4H3;2*1-2H3. The van der Waals surface area contributed by atoms with Crippen LogP contribution in [0.2, 0.25) is 0 Å². The molecular formula is C11H24N2O. The lowest BCUT2D eigenvalue weighted by atomic mass is 9.97. The first-order chi connectivity index (χ1) is 6.50.